The van der Waals surface area contributed by atoms with Gasteiger partial charge in [-0.05, 0) is 19.8 Å². The van der Waals surface area contributed by atoms with Crippen LogP contribution < -0.4 is 10.2 Å². The molecule has 17 heavy (non-hydrogen) atoms. The van der Waals surface area contributed by atoms with Crippen LogP contribution in [0.3, 0.4) is 0 Å². The van der Waals surface area contributed by atoms with Crippen LogP contribution in [0.4, 0.5) is 5.95 Å². The lowest BCUT2D eigenvalue weighted by molar-refractivity contribution is 0.411. The van der Waals surface area contributed by atoms with Gasteiger partial charge < -0.3 is 10.2 Å². The van der Waals surface area contributed by atoms with Crippen molar-refractivity contribution in [2.45, 2.75) is 39.7 Å². The summed E-state index contributed by atoms with van der Waals surface area (Å²) < 4.78 is 0. The van der Waals surface area contributed by atoms with Crippen LogP contribution in [0.25, 0.3) is 0 Å². The summed E-state index contributed by atoms with van der Waals surface area (Å²) in [6.07, 6.45) is 1.83. The Morgan fingerprint density at radius 3 is 2.29 bits per heavy atom. The van der Waals surface area contributed by atoms with Gasteiger partial charge in [0.15, 0.2) is 0 Å². The molecule has 1 aromatic rings. The second-order valence-electron chi connectivity index (χ2n) is 4.31. The molecule has 5 nitrogen and oxygen atoms in total. The van der Waals surface area contributed by atoms with Crippen molar-refractivity contribution in [1.82, 2.24) is 20.5 Å². The second kappa shape index (κ2) is 5.40. The highest BCUT2D eigenvalue weighted by Gasteiger charge is 2.26. The number of aromatic nitrogens is 3. The van der Waals surface area contributed by atoms with Crippen molar-refractivity contribution in [2.75, 3.05) is 24.5 Å². The first-order valence-electron chi connectivity index (χ1n) is 6.49. The van der Waals surface area contributed by atoms with Gasteiger partial charge in [-0.3, -0.25) is 0 Å². The molecular weight excluding hydrogens is 214 g/mol. The first-order valence-corrected chi connectivity index (χ1v) is 6.49. The Morgan fingerprint density at radius 1 is 1.12 bits per heavy atom. The fourth-order valence-electron chi connectivity index (χ4n) is 2.11. The molecule has 0 radical (unpaired) electrons. The third-order valence-electron chi connectivity index (χ3n) is 3.30. The zero-order chi connectivity index (χ0) is 12.3. The van der Waals surface area contributed by atoms with E-state index in [9.17, 15) is 0 Å². The normalized spacial score (nSPS) is 15.7. The summed E-state index contributed by atoms with van der Waals surface area (Å²) in [6.45, 7) is 9.33. The van der Waals surface area contributed by atoms with E-state index in [1.54, 1.807) is 0 Å². The van der Waals surface area contributed by atoms with Gasteiger partial charge >= 0.3 is 0 Å². The maximum atomic E-state index is 4.66. The van der Waals surface area contributed by atoms with Gasteiger partial charge in [-0.1, -0.05) is 13.8 Å². The van der Waals surface area contributed by atoms with Crippen LogP contribution in [0.2, 0.25) is 0 Å². The van der Waals surface area contributed by atoms with E-state index in [-0.39, 0.29) is 0 Å². The first kappa shape index (κ1) is 12.2. The Bertz CT molecular complexity index is 375. The summed E-state index contributed by atoms with van der Waals surface area (Å²) in [5.41, 5.74) is 2.11. The lowest BCUT2D eigenvalue weighted by atomic mass is 10.1. The molecule has 94 valence electrons. The Labute approximate surface area is 103 Å². The molecule has 0 spiro atoms. The van der Waals surface area contributed by atoms with E-state index in [1.807, 2.05) is 0 Å². The summed E-state index contributed by atoms with van der Waals surface area (Å²) in [5.74, 6) is 0.785. The summed E-state index contributed by atoms with van der Waals surface area (Å²) in [5, 5.41) is 11.9. The van der Waals surface area contributed by atoms with Crippen molar-refractivity contribution in [3.05, 3.63) is 11.4 Å². The van der Waals surface area contributed by atoms with E-state index in [1.165, 1.54) is 0 Å². The van der Waals surface area contributed by atoms with E-state index in [4.69, 9.17) is 0 Å². The molecule has 0 amide bonds. The number of nitrogens with one attached hydrogen (secondary N) is 1. The zero-order valence-electron chi connectivity index (χ0n) is 10.9. The minimum absolute atomic E-state index is 0.527. The molecule has 2 rings (SSSR count). The van der Waals surface area contributed by atoms with Gasteiger partial charge in [-0.2, -0.15) is 5.10 Å². The molecule has 1 aromatic heterocycles. The molecule has 0 unspecified atom stereocenters. The topological polar surface area (TPSA) is 53.9 Å². The number of nitrogens with zero attached hydrogens (tertiary/aromatic N) is 4. The number of aryl methyl sites for hydroxylation is 2. The molecule has 1 saturated heterocycles. The van der Waals surface area contributed by atoms with Crippen molar-refractivity contribution in [1.29, 1.82) is 0 Å². The maximum Gasteiger partial charge on any atom is 0.245 e. The van der Waals surface area contributed by atoms with E-state index >= 15 is 0 Å². The summed E-state index contributed by atoms with van der Waals surface area (Å²) in [4.78, 5) is 6.90. The van der Waals surface area contributed by atoms with Gasteiger partial charge in [-0.25, -0.2) is 4.98 Å². The third kappa shape index (κ3) is 2.39. The average Bonchev–Trinajstić information content (AvgIpc) is 2.32. The highest BCUT2D eigenvalue weighted by atomic mass is 15.4. The Kier molecular flexibility index (Phi) is 3.89. The molecule has 0 aliphatic carbocycles. The fourth-order valence-corrected chi connectivity index (χ4v) is 2.11. The van der Waals surface area contributed by atoms with Crippen LogP contribution in [-0.2, 0) is 12.8 Å². The minimum Gasteiger partial charge on any atom is -0.334 e. The van der Waals surface area contributed by atoms with E-state index < -0.39 is 0 Å². The molecule has 1 aliphatic rings. The molecule has 1 fully saturated rings. The van der Waals surface area contributed by atoms with Crippen molar-refractivity contribution in [2.24, 2.45) is 0 Å². The lowest BCUT2D eigenvalue weighted by Gasteiger charge is -2.37. The maximum absolute atomic E-state index is 4.66. The van der Waals surface area contributed by atoms with Crippen LogP contribution in [-0.4, -0.2) is 40.9 Å². The molecule has 1 N–H and O–H groups in total. The summed E-state index contributed by atoms with van der Waals surface area (Å²) >= 11 is 0. The average molecular weight is 235 g/mol. The number of rotatable bonds is 5. The molecular formula is C12H21N5. The summed E-state index contributed by atoms with van der Waals surface area (Å²) in [6, 6.07) is 0.527. The van der Waals surface area contributed by atoms with Gasteiger partial charge in [0.2, 0.25) is 5.95 Å². The van der Waals surface area contributed by atoms with Crippen molar-refractivity contribution in [3.8, 4) is 0 Å². The van der Waals surface area contributed by atoms with Crippen molar-refractivity contribution >= 4 is 5.95 Å². The van der Waals surface area contributed by atoms with Gasteiger partial charge in [0.25, 0.3) is 0 Å². The molecule has 0 aromatic carbocycles. The Balaban J connectivity index is 2.24. The van der Waals surface area contributed by atoms with Gasteiger partial charge in [-0.15, -0.1) is 5.10 Å². The largest absolute Gasteiger partial charge is 0.334 e. The van der Waals surface area contributed by atoms with Crippen molar-refractivity contribution < 1.29 is 0 Å². The van der Waals surface area contributed by atoms with Gasteiger partial charge in [0, 0.05) is 19.6 Å². The Hall–Kier alpha value is -1.23. The van der Waals surface area contributed by atoms with Crippen LogP contribution in [0.15, 0.2) is 0 Å². The number of hydrogen-bond acceptors (Lipinski definition) is 5. The minimum atomic E-state index is 0.527. The monoisotopic (exact) mass is 235 g/mol. The van der Waals surface area contributed by atoms with Crippen LogP contribution in [0.5, 0.6) is 0 Å². The van der Waals surface area contributed by atoms with Gasteiger partial charge in [0.05, 0.1) is 17.4 Å². The molecule has 0 saturated carbocycles. The van der Waals surface area contributed by atoms with Crippen LogP contribution in [0.1, 0.15) is 32.2 Å². The molecule has 2 heterocycles. The quantitative estimate of drug-likeness (QED) is 0.818. The van der Waals surface area contributed by atoms with Crippen molar-refractivity contribution in [3.63, 3.8) is 0 Å². The second-order valence-corrected chi connectivity index (χ2v) is 4.31. The van der Waals surface area contributed by atoms with Gasteiger partial charge in [0.1, 0.15) is 0 Å². The van der Waals surface area contributed by atoms with Crippen LogP contribution in [0, 0.1) is 0 Å². The first-order chi connectivity index (χ1) is 8.30. The third-order valence-corrected chi connectivity index (χ3v) is 3.30. The predicted molar refractivity (Wildman–Crippen MR) is 68.3 cm³/mol. The number of hydrogen-bond donors (Lipinski definition) is 1. The predicted octanol–water partition coefficient (Wildman–Crippen LogP) is 0.794. The molecule has 5 heteroatoms. The number of anilines is 1. The lowest BCUT2D eigenvalue weighted by Crippen LogP contribution is -2.57. The fraction of sp³-hybridized carbons (Fsp3) is 0.750. The molecule has 1 aliphatic heterocycles. The SMILES string of the molecule is CCc1nnc(N(CC)C2CNC2)nc1CC. The number of likely N-dealkylation sites (N-methyl/N-ethyl adjacent to an activating group) is 1. The molecule has 0 atom stereocenters. The highest BCUT2D eigenvalue weighted by Crippen LogP contribution is 2.15. The van der Waals surface area contributed by atoms with E-state index in [2.05, 4.69) is 46.2 Å². The zero-order valence-corrected chi connectivity index (χ0v) is 10.9. The van der Waals surface area contributed by atoms with Crippen LogP contribution >= 0.6 is 0 Å². The standard InChI is InChI=1S/C12H21N5/c1-4-10-11(5-2)15-16-12(14-10)17(6-3)9-7-13-8-9/h9,13H,4-8H2,1-3H3. The van der Waals surface area contributed by atoms with E-state index in [0.717, 1.165) is 49.8 Å². The smallest absolute Gasteiger partial charge is 0.245 e. The molecule has 0 bridgehead atoms. The Morgan fingerprint density at radius 2 is 1.82 bits per heavy atom. The summed E-state index contributed by atoms with van der Waals surface area (Å²) in [7, 11) is 0. The highest BCUT2D eigenvalue weighted by molar-refractivity contribution is 5.33. The van der Waals surface area contributed by atoms with E-state index in [0.29, 0.717) is 6.04 Å².